The first-order chi connectivity index (χ1) is 13.0. The summed E-state index contributed by atoms with van der Waals surface area (Å²) in [4.78, 5) is 38.4. The van der Waals surface area contributed by atoms with Crippen LogP contribution in [-0.4, -0.2) is 41.5 Å². The van der Waals surface area contributed by atoms with E-state index < -0.39 is 0 Å². The van der Waals surface area contributed by atoms with Crippen LogP contribution in [0.1, 0.15) is 46.0 Å². The zero-order valence-electron chi connectivity index (χ0n) is 15.9. The molecular formula is C19H28ClN3O3S. The molecule has 0 aliphatic rings. The minimum absolute atomic E-state index is 0.0786. The Bertz CT molecular complexity index is 605. The van der Waals surface area contributed by atoms with Crippen molar-refractivity contribution in [2.75, 3.05) is 18.8 Å². The lowest BCUT2D eigenvalue weighted by molar-refractivity contribution is -0.132. The Balaban J connectivity index is 2.19. The molecule has 2 N–H and O–H groups in total. The molecule has 0 aromatic heterocycles. The van der Waals surface area contributed by atoms with E-state index in [1.165, 1.54) is 11.8 Å². The SMILES string of the molecule is CCCN(CCC)C(=O)CCCC(=O)NNC(=O)CSc1ccc(Cl)cc1. The van der Waals surface area contributed by atoms with Gasteiger partial charge in [-0.15, -0.1) is 11.8 Å². The van der Waals surface area contributed by atoms with Gasteiger partial charge in [0.05, 0.1) is 5.75 Å². The van der Waals surface area contributed by atoms with E-state index in [4.69, 9.17) is 11.6 Å². The number of hydrogen-bond donors (Lipinski definition) is 2. The topological polar surface area (TPSA) is 78.5 Å². The van der Waals surface area contributed by atoms with Gasteiger partial charge in [0.2, 0.25) is 17.7 Å². The minimum Gasteiger partial charge on any atom is -0.343 e. The number of carbonyl (C=O) groups is 3. The van der Waals surface area contributed by atoms with E-state index in [2.05, 4.69) is 10.9 Å². The van der Waals surface area contributed by atoms with Crippen LogP contribution in [0.15, 0.2) is 29.2 Å². The van der Waals surface area contributed by atoms with Gasteiger partial charge in [0, 0.05) is 35.8 Å². The highest BCUT2D eigenvalue weighted by Crippen LogP contribution is 2.19. The molecule has 0 atom stereocenters. The molecule has 1 rings (SSSR count). The molecule has 0 radical (unpaired) electrons. The molecule has 0 fully saturated rings. The first-order valence-corrected chi connectivity index (χ1v) is 10.6. The van der Waals surface area contributed by atoms with Crippen LogP contribution in [0.25, 0.3) is 0 Å². The van der Waals surface area contributed by atoms with Gasteiger partial charge in [0.1, 0.15) is 0 Å². The van der Waals surface area contributed by atoms with Gasteiger partial charge >= 0.3 is 0 Å². The Hall–Kier alpha value is -1.73. The first-order valence-electron chi connectivity index (χ1n) is 9.20. The molecule has 0 aliphatic heterocycles. The molecule has 6 nitrogen and oxygen atoms in total. The summed E-state index contributed by atoms with van der Waals surface area (Å²) in [5.74, 6) is -0.333. The summed E-state index contributed by atoms with van der Waals surface area (Å²) in [6.07, 6.45) is 2.85. The van der Waals surface area contributed by atoms with E-state index in [1.54, 1.807) is 12.1 Å². The number of halogens is 1. The third-order valence-electron chi connectivity index (χ3n) is 3.66. The normalized spacial score (nSPS) is 10.3. The number of carbonyl (C=O) groups excluding carboxylic acids is 3. The number of hydrogen-bond acceptors (Lipinski definition) is 4. The number of thioether (sulfide) groups is 1. The maximum atomic E-state index is 12.1. The largest absolute Gasteiger partial charge is 0.343 e. The number of nitrogens with zero attached hydrogens (tertiary/aromatic N) is 1. The molecule has 0 bridgehead atoms. The van der Waals surface area contributed by atoms with Gasteiger partial charge in [0.25, 0.3) is 0 Å². The average Bonchev–Trinajstić information content (AvgIpc) is 2.65. The Labute approximate surface area is 170 Å². The fraction of sp³-hybridized carbons (Fsp3) is 0.526. The lowest BCUT2D eigenvalue weighted by atomic mass is 10.2. The van der Waals surface area contributed by atoms with Crippen LogP contribution < -0.4 is 10.9 Å². The molecule has 0 aliphatic carbocycles. The Morgan fingerprint density at radius 1 is 0.963 bits per heavy atom. The van der Waals surface area contributed by atoms with E-state index in [1.807, 2.05) is 30.9 Å². The highest BCUT2D eigenvalue weighted by atomic mass is 35.5. The van der Waals surface area contributed by atoms with Gasteiger partial charge < -0.3 is 4.90 Å². The van der Waals surface area contributed by atoms with Crippen molar-refractivity contribution in [2.45, 2.75) is 50.8 Å². The Morgan fingerprint density at radius 3 is 2.15 bits per heavy atom. The number of nitrogens with one attached hydrogen (secondary N) is 2. The van der Waals surface area contributed by atoms with Crippen LogP contribution in [0.2, 0.25) is 5.02 Å². The van der Waals surface area contributed by atoms with Crippen LogP contribution in [0.4, 0.5) is 0 Å². The van der Waals surface area contributed by atoms with Gasteiger partial charge in [0.15, 0.2) is 0 Å². The first kappa shape index (κ1) is 23.3. The summed E-state index contributed by atoms with van der Waals surface area (Å²) in [6, 6.07) is 7.17. The van der Waals surface area contributed by atoms with Crippen molar-refractivity contribution in [3.63, 3.8) is 0 Å². The van der Waals surface area contributed by atoms with Gasteiger partial charge in [-0.05, 0) is 43.5 Å². The second-order valence-electron chi connectivity index (χ2n) is 6.07. The summed E-state index contributed by atoms with van der Waals surface area (Å²) < 4.78 is 0. The summed E-state index contributed by atoms with van der Waals surface area (Å²) in [7, 11) is 0. The van der Waals surface area contributed by atoms with Crippen LogP contribution in [0, 0.1) is 0 Å². The Morgan fingerprint density at radius 2 is 1.56 bits per heavy atom. The zero-order valence-corrected chi connectivity index (χ0v) is 17.5. The van der Waals surface area contributed by atoms with Crippen molar-refractivity contribution in [3.05, 3.63) is 29.3 Å². The van der Waals surface area contributed by atoms with E-state index in [9.17, 15) is 14.4 Å². The fourth-order valence-electron chi connectivity index (χ4n) is 2.38. The van der Waals surface area contributed by atoms with Crippen molar-refractivity contribution in [1.82, 2.24) is 15.8 Å². The van der Waals surface area contributed by atoms with Crippen molar-refractivity contribution >= 4 is 41.1 Å². The van der Waals surface area contributed by atoms with Crippen molar-refractivity contribution in [3.8, 4) is 0 Å². The number of rotatable bonds is 11. The third-order valence-corrected chi connectivity index (χ3v) is 4.92. The monoisotopic (exact) mass is 413 g/mol. The van der Waals surface area contributed by atoms with E-state index in [0.29, 0.717) is 17.9 Å². The molecular weight excluding hydrogens is 386 g/mol. The molecule has 0 saturated carbocycles. The van der Waals surface area contributed by atoms with Crippen LogP contribution in [0.3, 0.4) is 0 Å². The zero-order chi connectivity index (χ0) is 20.1. The van der Waals surface area contributed by atoms with Crippen LogP contribution in [-0.2, 0) is 14.4 Å². The number of benzene rings is 1. The molecule has 0 spiro atoms. The summed E-state index contributed by atoms with van der Waals surface area (Å²) in [5, 5.41) is 0.641. The highest BCUT2D eigenvalue weighted by Gasteiger charge is 2.12. The van der Waals surface area contributed by atoms with Crippen molar-refractivity contribution < 1.29 is 14.4 Å². The Kier molecular flexibility index (Phi) is 11.6. The average molecular weight is 414 g/mol. The maximum absolute atomic E-state index is 12.1. The van der Waals surface area contributed by atoms with Gasteiger partial charge in [-0.3, -0.25) is 25.2 Å². The third kappa shape index (κ3) is 10.2. The molecule has 1 aromatic carbocycles. The van der Waals surface area contributed by atoms with Crippen molar-refractivity contribution in [2.24, 2.45) is 0 Å². The quantitative estimate of drug-likeness (QED) is 0.430. The van der Waals surface area contributed by atoms with Crippen LogP contribution >= 0.6 is 23.4 Å². The lowest BCUT2D eigenvalue weighted by Crippen LogP contribution is -2.42. The second-order valence-corrected chi connectivity index (χ2v) is 7.56. The van der Waals surface area contributed by atoms with Crippen LogP contribution in [0.5, 0.6) is 0 Å². The summed E-state index contributed by atoms with van der Waals surface area (Å²) in [6.45, 7) is 5.58. The lowest BCUT2D eigenvalue weighted by Gasteiger charge is -2.21. The maximum Gasteiger partial charge on any atom is 0.248 e. The number of amides is 3. The molecule has 3 amide bonds. The summed E-state index contributed by atoms with van der Waals surface area (Å²) in [5.41, 5.74) is 4.77. The highest BCUT2D eigenvalue weighted by molar-refractivity contribution is 8.00. The molecule has 150 valence electrons. The van der Waals surface area contributed by atoms with E-state index in [-0.39, 0.29) is 29.9 Å². The molecule has 27 heavy (non-hydrogen) atoms. The minimum atomic E-state index is -0.301. The molecule has 8 heteroatoms. The fourth-order valence-corrected chi connectivity index (χ4v) is 3.20. The van der Waals surface area contributed by atoms with Crippen molar-refractivity contribution in [1.29, 1.82) is 0 Å². The number of hydrazine groups is 1. The van der Waals surface area contributed by atoms with Gasteiger partial charge in [-0.25, -0.2) is 0 Å². The molecule has 0 saturated heterocycles. The second kappa shape index (κ2) is 13.4. The predicted octanol–water partition coefficient (Wildman–Crippen LogP) is 3.40. The molecule has 0 unspecified atom stereocenters. The smallest absolute Gasteiger partial charge is 0.248 e. The standard InChI is InChI=1S/C19H28ClN3O3S/c1-3-12-23(13-4-2)19(26)7-5-6-17(24)21-22-18(25)14-27-16-10-8-15(20)9-11-16/h8-11H,3-7,12-14H2,1-2H3,(H,21,24)(H,22,25). The summed E-state index contributed by atoms with van der Waals surface area (Å²) >= 11 is 7.16. The predicted molar refractivity (Wildman–Crippen MR) is 109 cm³/mol. The van der Waals surface area contributed by atoms with Gasteiger partial charge in [-0.1, -0.05) is 25.4 Å². The molecule has 1 aromatic rings. The van der Waals surface area contributed by atoms with Gasteiger partial charge in [-0.2, -0.15) is 0 Å². The molecule has 0 heterocycles. The van der Waals surface area contributed by atoms with E-state index in [0.717, 1.165) is 30.8 Å². The van der Waals surface area contributed by atoms with E-state index >= 15 is 0 Å².